The van der Waals surface area contributed by atoms with Crippen LogP contribution in [0.15, 0.2) is 24.3 Å². The fourth-order valence-corrected chi connectivity index (χ4v) is 2.16. The van der Waals surface area contributed by atoms with Crippen molar-refractivity contribution in [1.29, 1.82) is 10.8 Å². The molecule has 0 aliphatic rings. The van der Waals surface area contributed by atoms with Crippen LogP contribution in [-0.2, 0) is 0 Å². The monoisotopic (exact) mass is 245 g/mol. The van der Waals surface area contributed by atoms with Crippen LogP contribution in [0.5, 0.6) is 0 Å². The maximum atomic E-state index is 8.34. The molecule has 0 aromatic heterocycles. The first-order valence-corrected chi connectivity index (χ1v) is 6.37. The van der Waals surface area contributed by atoms with E-state index in [1.165, 1.54) is 0 Å². The number of hydrogen-bond donors (Lipinski definition) is 2. The molecule has 3 heteroatoms. The summed E-state index contributed by atoms with van der Waals surface area (Å²) in [7, 11) is 0. The first-order valence-electron chi connectivity index (χ1n) is 6.37. The molecular weight excluding hydrogens is 222 g/mol. The van der Waals surface area contributed by atoms with Gasteiger partial charge < -0.3 is 10.3 Å². The SMILES string of the molecule is CC(=N)c1cccc(C(=N)N(C(C)C)C(C)C)c1. The van der Waals surface area contributed by atoms with E-state index in [4.69, 9.17) is 10.8 Å². The lowest BCUT2D eigenvalue weighted by molar-refractivity contribution is 0.291. The average Bonchev–Trinajstić information content (AvgIpc) is 2.28. The second-order valence-corrected chi connectivity index (χ2v) is 5.15. The van der Waals surface area contributed by atoms with Crippen LogP contribution in [0.4, 0.5) is 0 Å². The minimum Gasteiger partial charge on any atom is -0.352 e. The Kier molecular flexibility index (Phi) is 4.65. The molecule has 0 bridgehead atoms. The highest BCUT2D eigenvalue weighted by molar-refractivity contribution is 6.01. The summed E-state index contributed by atoms with van der Waals surface area (Å²) in [6, 6.07) is 8.27. The van der Waals surface area contributed by atoms with Crippen LogP contribution in [0.3, 0.4) is 0 Å². The summed E-state index contributed by atoms with van der Waals surface area (Å²) >= 11 is 0. The molecule has 0 atom stereocenters. The fraction of sp³-hybridized carbons (Fsp3) is 0.467. The summed E-state index contributed by atoms with van der Waals surface area (Å²) < 4.78 is 0. The Morgan fingerprint density at radius 2 is 1.50 bits per heavy atom. The molecule has 0 heterocycles. The van der Waals surface area contributed by atoms with Crippen molar-refractivity contribution in [1.82, 2.24) is 4.90 Å². The molecule has 1 aromatic carbocycles. The Bertz CT molecular complexity index is 439. The topological polar surface area (TPSA) is 50.9 Å². The Hall–Kier alpha value is -1.64. The maximum Gasteiger partial charge on any atom is 0.128 e. The summed E-state index contributed by atoms with van der Waals surface area (Å²) in [5.74, 6) is 0.531. The Labute approximate surface area is 110 Å². The van der Waals surface area contributed by atoms with Gasteiger partial charge in [0.25, 0.3) is 0 Å². The van der Waals surface area contributed by atoms with Crippen molar-refractivity contribution in [3.63, 3.8) is 0 Å². The predicted molar refractivity (Wildman–Crippen MR) is 77.9 cm³/mol. The highest BCUT2D eigenvalue weighted by Crippen LogP contribution is 2.14. The van der Waals surface area contributed by atoms with Crippen LogP contribution in [-0.4, -0.2) is 28.5 Å². The number of benzene rings is 1. The van der Waals surface area contributed by atoms with Gasteiger partial charge in [-0.3, -0.25) is 5.41 Å². The molecule has 1 rings (SSSR count). The molecule has 3 nitrogen and oxygen atoms in total. The van der Waals surface area contributed by atoms with Gasteiger partial charge in [-0.05, 0) is 46.2 Å². The molecule has 1 aromatic rings. The minimum atomic E-state index is 0.294. The molecule has 0 saturated heterocycles. The van der Waals surface area contributed by atoms with Crippen LogP contribution < -0.4 is 0 Å². The molecule has 0 radical (unpaired) electrons. The van der Waals surface area contributed by atoms with Gasteiger partial charge in [0.2, 0.25) is 0 Å². The molecule has 18 heavy (non-hydrogen) atoms. The first kappa shape index (κ1) is 14.4. The van der Waals surface area contributed by atoms with E-state index in [1.54, 1.807) is 6.92 Å². The van der Waals surface area contributed by atoms with E-state index in [0.29, 0.717) is 23.6 Å². The number of hydrogen-bond acceptors (Lipinski definition) is 2. The van der Waals surface area contributed by atoms with Crippen molar-refractivity contribution in [3.05, 3.63) is 35.4 Å². The largest absolute Gasteiger partial charge is 0.352 e. The second kappa shape index (κ2) is 5.80. The quantitative estimate of drug-likeness (QED) is 0.619. The lowest BCUT2D eigenvalue weighted by Gasteiger charge is -2.33. The van der Waals surface area contributed by atoms with Crippen molar-refractivity contribution in [3.8, 4) is 0 Å². The highest BCUT2D eigenvalue weighted by Gasteiger charge is 2.18. The molecule has 0 aliphatic carbocycles. The Morgan fingerprint density at radius 3 is 1.94 bits per heavy atom. The zero-order valence-corrected chi connectivity index (χ0v) is 11.9. The van der Waals surface area contributed by atoms with Crippen molar-refractivity contribution in [2.24, 2.45) is 0 Å². The molecule has 2 N–H and O–H groups in total. The Balaban J connectivity index is 3.09. The van der Waals surface area contributed by atoms with E-state index in [-0.39, 0.29) is 0 Å². The van der Waals surface area contributed by atoms with Crippen molar-refractivity contribution in [2.45, 2.75) is 46.7 Å². The van der Waals surface area contributed by atoms with Gasteiger partial charge in [0.15, 0.2) is 0 Å². The third-order valence-corrected chi connectivity index (χ3v) is 2.94. The van der Waals surface area contributed by atoms with Crippen molar-refractivity contribution >= 4 is 11.5 Å². The normalized spacial score (nSPS) is 10.8. The van der Waals surface area contributed by atoms with E-state index >= 15 is 0 Å². The van der Waals surface area contributed by atoms with Gasteiger partial charge in [0, 0.05) is 23.4 Å². The lowest BCUT2D eigenvalue weighted by Crippen LogP contribution is -2.42. The van der Waals surface area contributed by atoms with Gasteiger partial charge in [-0.2, -0.15) is 0 Å². The van der Waals surface area contributed by atoms with Crippen molar-refractivity contribution < 1.29 is 0 Å². The highest BCUT2D eigenvalue weighted by atomic mass is 15.2. The number of amidine groups is 1. The molecule has 98 valence electrons. The Morgan fingerprint density at radius 1 is 1.00 bits per heavy atom. The molecule has 0 fully saturated rings. The lowest BCUT2D eigenvalue weighted by atomic mass is 10.0. The summed E-state index contributed by atoms with van der Waals surface area (Å²) in [5.41, 5.74) is 2.29. The number of nitrogens with one attached hydrogen (secondary N) is 2. The predicted octanol–water partition coefficient (Wildman–Crippen LogP) is 3.52. The van der Waals surface area contributed by atoms with E-state index < -0.39 is 0 Å². The zero-order valence-electron chi connectivity index (χ0n) is 11.9. The van der Waals surface area contributed by atoms with Gasteiger partial charge >= 0.3 is 0 Å². The van der Waals surface area contributed by atoms with Gasteiger partial charge in [0.05, 0.1) is 0 Å². The van der Waals surface area contributed by atoms with Crippen LogP contribution in [0, 0.1) is 10.8 Å². The molecule has 0 aliphatic heterocycles. The standard InChI is InChI=1S/C15H23N3/c1-10(2)18(11(3)4)15(17)14-8-6-7-13(9-14)12(5)16/h6-11,16-17H,1-5H3. The molecule has 0 spiro atoms. The summed E-state index contributed by atoms with van der Waals surface area (Å²) in [4.78, 5) is 2.08. The van der Waals surface area contributed by atoms with Crippen LogP contribution in [0.2, 0.25) is 0 Å². The minimum absolute atomic E-state index is 0.294. The summed E-state index contributed by atoms with van der Waals surface area (Å²) in [6.45, 7) is 10.2. The molecule has 0 amide bonds. The van der Waals surface area contributed by atoms with E-state index in [1.807, 2.05) is 24.3 Å². The molecule has 0 unspecified atom stereocenters. The summed E-state index contributed by atoms with van der Waals surface area (Å²) in [6.07, 6.45) is 0. The fourth-order valence-electron chi connectivity index (χ4n) is 2.16. The van der Waals surface area contributed by atoms with E-state index in [2.05, 4.69) is 32.6 Å². The van der Waals surface area contributed by atoms with Crippen molar-refractivity contribution in [2.75, 3.05) is 0 Å². The first-order chi connectivity index (χ1) is 8.34. The summed E-state index contributed by atoms with van der Waals surface area (Å²) in [5, 5.41) is 16.0. The third-order valence-electron chi connectivity index (χ3n) is 2.94. The van der Waals surface area contributed by atoms with Gasteiger partial charge in [-0.1, -0.05) is 18.2 Å². The maximum absolute atomic E-state index is 8.34. The van der Waals surface area contributed by atoms with E-state index in [9.17, 15) is 0 Å². The molecule has 0 saturated carbocycles. The zero-order chi connectivity index (χ0) is 13.9. The smallest absolute Gasteiger partial charge is 0.128 e. The number of nitrogens with zero attached hydrogens (tertiary/aromatic N) is 1. The average molecular weight is 245 g/mol. The van der Waals surface area contributed by atoms with E-state index in [0.717, 1.165) is 11.1 Å². The molecular formula is C15H23N3. The van der Waals surface area contributed by atoms with Crippen LogP contribution in [0.25, 0.3) is 0 Å². The van der Waals surface area contributed by atoms with Gasteiger partial charge in [-0.15, -0.1) is 0 Å². The van der Waals surface area contributed by atoms with Gasteiger partial charge in [-0.25, -0.2) is 0 Å². The second-order valence-electron chi connectivity index (χ2n) is 5.15. The van der Waals surface area contributed by atoms with Gasteiger partial charge in [0.1, 0.15) is 5.84 Å². The van der Waals surface area contributed by atoms with Crippen LogP contribution in [0.1, 0.15) is 45.7 Å². The third kappa shape index (κ3) is 3.19. The van der Waals surface area contributed by atoms with Crippen LogP contribution >= 0.6 is 0 Å². The number of rotatable bonds is 4.